The van der Waals surface area contributed by atoms with Crippen LogP contribution in [-0.2, 0) is 0 Å². The molecule has 0 fully saturated rings. The molecule has 0 heterocycles. The van der Waals surface area contributed by atoms with Gasteiger partial charge in [0, 0.05) is 5.56 Å². The third kappa shape index (κ3) is 4.84. The number of rotatable bonds is 4. The second kappa shape index (κ2) is 7.22. The maximum absolute atomic E-state index is 12.0. The molecule has 1 aromatic rings. The van der Waals surface area contributed by atoms with Crippen LogP contribution >= 0.6 is 23.2 Å². The Balaban J connectivity index is 0.00000256. The number of Topliss-reactive ketones (excluding diaryl/α,β-unsaturated/α-hetero) is 1. The predicted molar refractivity (Wildman–Crippen MR) is 67.6 cm³/mol. The van der Waals surface area contributed by atoms with Crippen LogP contribution in [0.25, 0.3) is 0 Å². The fourth-order valence-electron chi connectivity index (χ4n) is 1.64. The minimum Gasteiger partial charge on any atom is -1.00 e. The molecule has 1 atom stereocenters. The summed E-state index contributed by atoms with van der Waals surface area (Å²) in [4.78, 5) is 13.3. The minimum atomic E-state index is -0.0118. The lowest BCUT2D eigenvalue weighted by molar-refractivity contribution is -0.860. The monoisotopic (exact) mass is 295 g/mol. The van der Waals surface area contributed by atoms with Crippen molar-refractivity contribution < 1.29 is 22.1 Å². The van der Waals surface area contributed by atoms with E-state index >= 15 is 0 Å². The summed E-state index contributed by atoms with van der Waals surface area (Å²) in [6.07, 6.45) is 0. The van der Waals surface area contributed by atoms with Gasteiger partial charge in [-0.1, -0.05) is 23.2 Å². The second-order valence-electron chi connectivity index (χ2n) is 4.31. The van der Waals surface area contributed by atoms with Crippen LogP contribution in [0.1, 0.15) is 17.3 Å². The van der Waals surface area contributed by atoms with E-state index in [1.165, 1.54) is 4.90 Å². The standard InChI is InChI=1S/C12H15Cl2NO.ClH/c1-8(7-15(2)3)12(16)9-4-5-10(13)11(14)6-9;/h4-6,8H,7H2,1-3H3;1H. The van der Waals surface area contributed by atoms with Gasteiger partial charge in [-0.15, -0.1) is 0 Å². The van der Waals surface area contributed by atoms with Gasteiger partial charge >= 0.3 is 0 Å². The Morgan fingerprint density at radius 2 is 1.88 bits per heavy atom. The Bertz CT molecular complexity index is 393. The molecule has 0 aliphatic heterocycles. The third-order valence-electron chi connectivity index (χ3n) is 2.37. The molecule has 5 heteroatoms. The van der Waals surface area contributed by atoms with Gasteiger partial charge in [-0.3, -0.25) is 4.79 Å². The lowest BCUT2D eigenvalue weighted by Crippen LogP contribution is -3.06. The van der Waals surface area contributed by atoms with Gasteiger partial charge in [0.05, 0.1) is 36.6 Å². The van der Waals surface area contributed by atoms with Crippen LogP contribution in [0.5, 0.6) is 0 Å². The first-order chi connectivity index (χ1) is 7.41. The third-order valence-corrected chi connectivity index (χ3v) is 3.11. The molecule has 1 rings (SSSR count). The molecule has 0 aliphatic carbocycles. The quantitative estimate of drug-likeness (QED) is 0.705. The van der Waals surface area contributed by atoms with E-state index in [1.807, 2.05) is 21.0 Å². The van der Waals surface area contributed by atoms with Crippen molar-refractivity contribution in [3.63, 3.8) is 0 Å². The number of carbonyl (C=O) groups excluding carboxylic acids is 1. The van der Waals surface area contributed by atoms with E-state index in [-0.39, 0.29) is 24.1 Å². The normalized spacial score (nSPS) is 12.1. The highest BCUT2D eigenvalue weighted by Gasteiger charge is 2.18. The van der Waals surface area contributed by atoms with Crippen LogP contribution in [0.15, 0.2) is 18.2 Å². The Hall–Kier alpha value is -0.280. The van der Waals surface area contributed by atoms with Gasteiger partial charge in [0.1, 0.15) is 0 Å². The number of quaternary nitrogens is 1. The SMILES string of the molecule is CC(C[NH+](C)C)C(=O)c1ccc(Cl)c(Cl)c1.[Cl-]. The number of hydrogen-bond donors (Lipinski definition) is 1. The molecule has 1 N–H and O–H groups in total. The first kappa shape index (κ1) is 16.7. The molecule has 17 heavy (non-hydrogen) atoms. The zero-order valence-electron chi connectivity index (χ0n) is 10.1. The summed E-state index contributed by atoms with van der Waals surface area (Å²) in [5.41, 5.74) is 0.628. The van der Waals surface area contributed by atoms with Gasteiger partial charge in [0.25, 0.3) is 0 Å². The van der Waals surface area contributed by atoms with Crippen LogP contribution in [-0.4, -0.2) is 26.4 Å². The molecule has 1 unspecified atom stereocenters. The molecule has 0 bridgehead atoms. The summed E-state index contributed by atoms with van der Waals surface area (Å²) in [5.74, 6) is 0.0991. The fourth-order valence-corrected chi connectivity index (χ4v) is 1.94. The first-order valence-electron chi connectivity index (χ1n) is 5.20. The molecule has 0 aliphatic rings. The summed E-state index contributed by atoms with van der Waals surface area (Å²) in [6.45, 7) is 2.73. The van der Waals surface area contributed by atoms with Crippen molar-refractivity contribution in [3.8, 4) is 0 Å². The molecule has 0 amide bonds. The summed E-state index contributed by atoms with van der Waals surface area (Å²) in [7, 11) is 4.05. The van der Waals surface area contributed by atoms with E-state index in [2.05, 4.69) is 0 Å². The lowest BCUT2D eigenvalue weighted by atomic mass is 9.99. The van der Waals surface area contributed by atoms with Crippen molar-refractivity contribution in [1.29, 1.82) is 0 Å². The van der Waals surface area contributed by atoms with Gasteiger partial charge in [-0.2, -0.15) is 0 Å². The van der Waals surface area contributed by atoms with Crippen molar-refractivity contribution in [2.75, 3.05) is 20.6 Å². The maximum Gasteiger partial charge on any atom is 0.171 e. The van der Waals surface area contributed by atoms with Gasteiger partial charge in [0.2, 0.25) is 0 Å². The summed E-state index contributed by atoms with van der Waals surface area (Å²) < 4.78 is 0. The molecule has 0 radical (unpaired) electrons. The van der Waals surface area contributed by atoms with E-state index in [1.54, 1.807) is 18.2 Å². The van der Waals surface area contributed by atoms with E-state index in [0.29, 0.717) is 15.6 Å². The van der Waals surface area contributed by atoms with Gasteiger partial charge in [0.15, 0.2) is 5.78 Å². The first-order valence-corrected chi connectivity index (χ1v) is 5.95. The Kier molecular flexibility index (Phi) is 7.10. The number of hydrogen-bond acceptors (Lipinski definition) is 1. The van der Waals surface area contributed by atoms with E-state index < -0.39 is 0 Å². The highest BCUT2D eigenvalue weighted by molar-refractivity contribution is 6.42. The van der Waals surface area contributed by atoms with Crippen molar-refractivity contribution in [2.24, 2.45) is 5.92 Å². The molecule has 1 aromatic carbocycles. The average Bonchev–Trinajstić information content (AvgIpc) is 2.20. The average molecular weight is 297 g/mol. The minimum absolute atomic E-state index is 0. The van der Waals surface area contributed by atoms with Crippen molar-refractivity contribution >= 4 is 29.0 Å². The molecule has 0 saturated carbocycles. The maximum atomic E-state index is 12.0. The van der Waals surface area contributed by atoms with Crippen LogP contribution in [0.3, 0.4) is 0 Å². The molecule has 0 saturated heterocycles. The number of carbonyl (C=O) groups is 1. The van der Waals surface area contributed by atoms with Crippen LogP contribution in [0.4, 0.5) is 0 Å². The van der Waals surface area contributed by atoms with E-state index in [9.17, 15) is 4.79 Å². The zero-order chi connectivity index (χ0) is 12.3. The molecule has 0 spiro atoms. The van der Waals surface area contributed by atoms with Crippen LogP contribution in [0.2, 0.25) is 10.0 Å². The Labute approximate surface area is 118 Å². The number of halogens is 3. The highest BCUT2D eigenvalue weighted by Crippen LogP contribution is 2.23. The zero-order valence-corrected chi connectivity index (χ0v) is 12.3. The number of nitrogens with one attached hydrogen (secondary N) is 1. The van der Waals surface area contributed by atoms with Gasteiger partial charge < -0.3 is 17.3 Å². The van der Waals surface area contributed by atoms with Gasteiger partial charge in [-0.05, 0) is 25.1 Å². The molecular formula is C12H16Cl3NO. The highest BCUT2D eigenvalue weighted by atomic mass is 35.5. The smallest absolute Gasteiger partial charge is 0.171 e. The second-order valence-corrected chi connectivity index (χ2v) is 5.12. The number of benzene rings is 1. The van der Waals surface area contributed by atoms with Gasteiger partial charge in [-0.25, -0.2) is 0 Å². The number of ketones is 1. The topological polar surface area (TPSA) is 21.5 Å². The molecule has 2 nitrogen and oxygen atoms in total. The largest absolute Gasteiger partial charge is 1.00 e. The summed E-state index contributed by atoms with van der Waals surface area (Å²) >= 11 is 11.7. The predicted octanol–water partition coefficient (Wildman–Crippen LogP) is -1.04. The van der Waals surface area contributed by atoms with E-state index in [4.69, 9.17) is 23.2 Å². The molecular weight excluding hydrogens is 280 g/mol. The summed E-state index contributed by atoms with van der Waals surface area (Å²) in [5, 5.41) is 0.904. The van der Waals surface area contributed by atoms with Crippen molar-refractivity contribution in [2.45, 2.75) is 6.92 Å². The Morgan fingerprint density at radius 3 is 2.35 bits per heavy atom. The molecule has 0 aromatic heterocycles. The fraction of sp³-hybridized carbons (Fsp3) is 0.417. The Morgan fingerprint density at radius 1 is 1.29 bits per heavy atom. The summed E-state index contributed by atoms with van der Waals surface area (Å²) in [6, 6.07) is 5.01. The van der Waals surface area contributed by atoms with E-state index in [0.717, 1.165) is 6.54 Å². The van der Waals surface area contributed by atoms with Crippen LogP contribution in [0, 0.1) is 5.92 Å². The van der Waals surface area contributed by atoms with Crippen molar-refractivity contribution in [3.05, 3.63) is 33.8 Å². The molecule has 96 valence electrons. The van der Waals surface area contributed by atoms with Crippen LogP contribution < -0.4 is 17.3 Å². The van der Waals surface area contributed by atoms with Crippen molar-refractivity contribution in [1.82, 2.24) is 0 Å². The lowest BCUT2D eigenvalue weighted by Gasteiger charge is -2.13.